The number of methoxy groups -OCH3 is 1. The maximum atomic E-state index is 12.2. The summed E-state index contributed by atoms with van der Waals surface area (Å²) in [5, 5.41) is 11.8. The van der Waals surface area contributed by atoms with Gasteiger partial charge in [0.05, 0.1) is 19.3 Å². The minimum Gasteiger partial charge on any atom is -0.495 e. The number of rotatable bonds is 4. The number of thioether (sulfide) groups is 1. The van der Waals surface area contributed by atoms with E-state index in [1.807, 2.05) is 11.8 Å². The molecule has 112 valence electrons. The second-order valence-corrected chi connectivity index (χ2v) is 5.87. The fraction of sp³-hybridized carbons (Fsp3) is 0.438. The molecule has 0 aliphatic carbocycles. The second kappa shape index (κ2) is 7.96. The zero-order chi connectivity index (χ0) is 15.1. The Kier molecular flexibility index (Phi) is 5.97. The molecule has 0 radical (unpaired) electrons. The highest BCUT2D eigenvalue weighted by Crippen LogP contribution is 2.20. The largest absolute Gasteiger partial charge is 0.495 e. The van der Waals surface area contributed by atoms with Crippen LogP contribution in [0.2, 0.25) is 0 Å². The minimum absolute atomic E-state index is 0.0227. The Morgan fingerprint density at radius 3 is 3.10 bits per heavy atom. The predicted octanol–water partition coefficient (Wildman–Crippen LogP) is 1.66. The number of hydrogen-bond donors (Lipinski definition) is 2. The summed E-state index contributed by atoms with van der Waals surface area (Å²) in [7, 11) is 1.57. The number of hydrogen-bond acceptors (Lipinski definition) is 4. The van der Waals surface area contributed by atoms with Crippen molar-refractivity contribution in [2.24, 2.45) is 0 Å². The van der Waals surface area contributed by atoms with Gasteiger partial charge in [-0.1, -0.05) is 11.8 Å². The van der Waals surface area contributed by atoms with Gasteiger partial charge < -0.3 is 15.2 Å². The van der Waals surface area contributed by atoms with Crippen molar-refractivity contribution in [1.29, 1.82) is 0 Å². The molecule has 1 amide bonds. The summed E-state index contributed by atoms with van der Waals surface area (Å²) >= 11 is 1.86. The van der Waals surface area contributed by atoms with Gasteiger partial charge in [-0.05, 0) is 30.4 Å². The van der Waals surface area contributed by atoms with Crippen molar-refractivity contribution in [2.45, 2.75) is 18.9 Å². The van der Waals surface area contributed by atoms with Crippen LogP contribution < -0.4 is 10.1 Å². The van der Waals surface area contributed by atoms with Crippen molar-refractivity contribution in [3.63, 3.8) is 0 Å². The lowest BCUT2D eigenvalue weighted by molar-refractivity contribution is 0.0941. The molecular weight excluding hydrogens is 286 g/mol. The van der Waals surface area contributed by atoms with Crippen LogP contribution in [0.25, 0.3) is 0 Å². The van der Waals surface area contributed by atoms with Crippen LogP contribution in [0, 0.1) is 11.8 Å². The van der Waals surface area contributed by atoms with Crippen LogP contribution in [-0.2, 0) is 0 Å². The summed E-state index contributed by atoms with van der Waals surface area (Å²) in [6.45, 7) is 0.0227. The predicted molar refractivity (Wildman–Crippen MR) is 84.8 cm³/mol. The number of carbonyl (C=O) groups is 1. The molecular formula is C16H19NO3S. The van der Waals surface area contributed by atoms with Gasteiger partial charge in [0.25, 0.3) is 5.91 Å². The Labute approximate surface area is 129 Å². The fourth-order valence-electron chi connectivity index (χ4n) is 2.08. The van der Waals surface area contributed by atoms with Crippen LogP contribution in [0.3, 0.4) is 0 Å². The molecule has 0 spiro atoms. The van der Waals surface area contributed by atoms with Gasteiger partial charge in [-0.3, -0.25) is 4.79 Å². The van der Waals surface area contributed by atoms with Gasteiger partial charge in [-0.25, -0.2) is 0 Å². The van der Waals surface area contributed by atoms with Gasteiger partial charge in [-0.2, -0.15) is 11.8 Å². The topological polar surface area (TPSA) is 58.6 Å². The van der Waals surface area contributed by atoms with E-state index >= 15 is 0 Å². The minimum atomic E-state index is -0.0737. The Balaban J connectivity index is 2.14. The molecule has 1 fully saturated rings. The molecule has 1 aromatic rings. The van der Waals surface area contributed by atoms with Crippen molar-refractivity contribution in [2.75, 3.05) is 25.2 Å². The molecule has 1 aliphatic rings. The third kappa shape index (κ3) is 4.42. The summed E-state index contributed by atoms with van der Waals surface area (Å²) in [5.74, 6) is 8.42. The number of ether oxygens (including phenoxy) is 1. The lowest BCUT2D eigenvalue weighted by Crippen LogP contribution is -2.34. The fourth-order valence-corrected chi connectivity index (χ4v) is 3.23. The quantitative estimate of drug-likeness (QED) is 0.831. The molecule has 1 aliphatic heterocycles. The van der Waals surface area contributed by atoms with Crippen molar-refractivity contribution in [3.8, 4) is 17.6 Å². The first-order valence-electron chi connectivity index (χ1n) is 6.91. The summed E-state index contributed by atoms with van der Waals surface area (Å²) in [6.07, 6.45) is 1.43. The zero-order valence-electron chi connectivity index (χ0n) is 12.0. The van der Waals surface area contributed by atoms with Crippen LogP contribution in [-0.4, -0.2) is 42.3 Å². The third-order valence-corrected chi connectivity index (χ3v) is 4.35. The van der Waals surface area contributed by atoms with Crippen LogP contribution in [0.1, 0.15) is 28.8 Å². The van der Waals surface area contributed by atoms with Crippen LogP contribution in [0.5, 0.6) is 5.75 Å². The molecule has 1 aromatic carbocycles. The van der Waals surface area contributed by atoms with Gasteiger partial charge >= 0.3 is 0 Å². The summed E-state index contributed by atoms with van der Waals surface area (Å²) in [4.78, 5) is 12.2. The Bertz CT molecular complexity index is 556. The Morgan fingerprint density at radius 2 is 2.43 bits per heavy atom. The molecule has 1 atom stereocenters. The SMILES string of the molecule is COc1ccc(C(=O)NC2CCSC2)cc1C#CCCO. The molecule has 4 nitrogen and oxygen atoms in total. The van der Waals surface area contributed by atoms with Gasteiger partial charge in [0.15, 0.2) is 0 Å². The molecule has 2 N–H and O–H groups in total. The number of nitrogens with one attached hydrogen (secondary N) is 1. The lowest BCUT2D eigenvalue weighted by atomic mass is 10.1. The molecule has 1 saturated heterocycles. The molecule has 0 aromatic heterocycles. The smallest absolute Gasteiger partial charge is 0.251 e. The third-order valence-electron chi connectivity index (χ3n) is 3.19. The average Bonchev–Trinajstić information content (AvgIpc) is 3.00. The monoisotopic (exact) mass is 305 g/mol. The van der Waals surface area contributed by atoms with E-state index in [2.05, 4.69) is 17.2 Å². The zero-order valence-corrected chi connectivity index (χ0v) is 12.8. The first-order chi connectivity index (χ1) is 10.2. The molecule has 1 heterocycles. The van der Waals surface area contributed by atoms with Gasteiger partial charge in [-0.15, -0.1) is 0 Å². The summed E-state index contributed by atoms with van der Waals surface area (Å²) in [5.41, 5.74) is 1.25. The number of aliphatic hydroxyl groups is 1. The lowest BCUT2D eigenvalue weighted by Gasteiger charge is -2.12. The maximum Gasteiger partial charge on any atom is 0.251 e. The van der Waals surface area contributed by atoms with Gasteiger partial charge in [0, 0.05) is 23.8 Å². The first kappa shape index (κ1) is 15.7. The molecule has 2 rings (SSSR count). The van der Waals surface area contributed by atoms with E-state index < -0.39 is 0 Å². The summed E-state index contributed by atoms with van der Waals surface area (Å²) in [6, 6.07) is 5.49. The number of benzene rings is 1. The van der Waals surface area contributed by atoms with Crippen LogP contribution in [0.15, 0.2) is 18.2 Å². The van der Waals surface area contributed by atoms with Crippen molar-refractivity contribution < 1.29 is 14.6 Å². The van der Waals surface area contributed by atoms with E-state index in [0.29, 0.717) is 23.3 Å². The molecule has 21 heavy (non-hydrogen) atoms. The van der Waals surface area contributed by atoms with E-state index in [1.54, 1.807) is 25.3 Å². The normalized spacial score (nSPS) is 17.0. The van der Waals surface area contributed by atoms with Gasteiger partial charge in [0.2, 0.25) is 0 Å². The molecule has 5 heteroatoms. The maximum absolute atomic E-state index is 12.2. The molecule has 1 unspecified atom stereocenters. The number of aliphatic hydroxyl groups excluding tert-OH is 1. The van der Waals surface area contributed by atoms with Crippen molar-refractivity contribution >= 4 is 17.7 Å². The van der Waals surface area contributed by atoms with E-state index in [4.69, 9.17) is 9.84 Å². The van der Waals surface area contributed by atoms with E-state index in [9.17, 15) is 4.79 Å². The summed E-state index contributed by atoms with van der Waals surface area (Å²) < 4.78 is 5.24. The van der Waals surface area contributed by atoms with E-state index in [-0.39, 0.29) is 18.6 Å². The van der Waals surface area contributed by atoms with Crippen molar-refractivity contribution in [3.05, 3.63) is 29.3 Å². The van der Waals surface area contributed by atoms with Gasteiger partial charge in [0.1, 0.15) is 5.75 Å². The molecule has 0 bridgehead atoms. The first-order valence-corrected chi connectivity index (χ1v) is 8.06. The second-order valence-electron chi connectivity index (χ2n) is 4.72. The van der Waals surface area contributed by atoms with Crippen molar-refractivity contribution in [1.82, 2.24) is 5.32 Å². The highest BCUT2D eigenvalue weighted by atomic mass is 32.2. The Morgan fingerprint density at radius 1 is 1.57 bits per heavy atom. The van der Waals surface area contributed by atoms with Crippen LogP contribution >= 0.6 is 11.8 Å². The number of amides is 1. The van der Waals surface area contributed by atoms with E-state index in [0.717, 1.165) is 17.9 Å². The highest BCUT2D eigenvalue weighted by Gasteiger charge is 2.18. The Hall–Kier alpha value is -1.64. The van der Waals surface area contributed by atoms with E-state index in [1.165, 1.54) is 0 Å². The van der Waals surface area contributed by atoms with Crippen LogP contribution in [0.4, 0.5) is 0 Å². The average molecular weight is 305 g/mol. The standard InChI is InChI=1S/C16H19NO3S/c1-20-15-6-5-13(10-12(15)4-2-3-8-18)16(19)17-14-7-9-21-11-14/h5-6,10,14,18H,3,7-9,11H2,1H3,(H,17,19). The number of carbonyl (C=O) groups excluding carboxylic acids is 1. The molecule has 0 saturated carbocycles. The highest BCUT2D eigenvalue weighted by molar-refractivity contribution is 7.99.